The van der Waals surface area contributed by atoms with Crippen LogP contribution in [0.3, 0.4) is 0 Å². The molecule has 0 heterocycles. The number of hydrogen-bond acceptors (Lipinski definition) is 5. The van der Waals surface area contributed by atoms with Crippen molar-refractivity contribution in [3.63, 3.8) is 0 Å². The van der Waals surface area contributed by atoms with Crippen LogP contribution in [-0.2, 0) is 18.7 Å². The third-order valence-corrected chi connectivity index (χ3v) is 3.63. The van der Waals surface area contributed by atoms with E-state index in [4.69, 9.17) is 35.5 Å². The minimum absolute atomic E-state index is 0.0231. The van der Waals surface area contributed by atoms with Gasteiger partial charge in [0.15, 0.2) is 0 Å². The van der Waals surface area contributed by atoms with Crippen molar-refractivity contribution in [2.24, 2.45) is 5.73 Å². The van der Waals surface area contributed by atoms with Crippen LogP contribution in [0.25, 0.3) is 0 Å². The molecule has 0 saturated heterocycles. The van der Waals surface area contributed by atoms with E-state index in [9.17, 15) is 18.7 Å². The van der Waals surface area contributed by atoms with E-state index in [0.29, 0.717) is 0 Å². The van der Waals surface area contributed by atoms with Gasteiger partial charge in [0.05, 0.1) is 12.3 Å². The second kappa shape index (κ2) is 9.19. The fourth-order valence-corrected chi connectivity index (χ4v) is 2.75. The van der Waals surface area contributed by atoms with Gasteiger partial charge in [-0.15, -0.1) is 0 Å². The molecule has 0 rings (SSSR count). The van der Waals surface area contributed by atoms with E-state index >= 15 is 0 Å². The summed E-state index contributed by atoms with van der Waals surface area (Å²) >= 11 is 0. The number of rotatable bonds is 7. The minimum atomic E-state index is -4.25. The Morgan fingerprint density at radius 2 is 1.30 bits per heavy atom. The van der Waals surface area contributed by atoms with Crippen LogP contribution in [0.15, 0.2) is 0 Å². The Labute approximate surface area is 113 Å². The molecule has 0 spiro atoms. The lowest BCUT2D eigenvalue weighted by molar-refractivity contribution is -0.139. The first-order valence-corrected chi connectivity index (χ1v) is 8.63. The van der Waals surface area contributed by atoms with Crippen LogP contribution >= 0.6 is 15.2 Å². The molecule has 0 aromatic carbocycles. The lowest BCUT2D eigenvalue weighted by Gasteiger charge is -2.03. The molecule has 20 heavy (non-hydrogen) atoms. The van der Waals surface area contributed by atoms with E-state index in [2.05, 4.69) is 0 Å². The molecule has 120 valence electrons. The van der Waals surface area contributed by atoms with Gasteiger partial charge < -0.3 is 35.5 Å². The summed E-state index contributed by atoms with van der Waals surface area (Å²) in [5.41, 5.74) is 5.00. The Morgan fingerprint density at radius 3 is 1.50 bits per heavy atom. The maximum Gasteiger partial charge on any atom is 0.326 e. The summed E-state index contributed by atoms with van der Waals surface area (Å²) in [5, 5.41) is 16.3. The lowest BCUT2D eigenvalue weighted by atomic mass is 10.2. The van der Waals surface area contributed by atoms with Crippen LogP contribution < -0.4 is 5.73 Å². The fraction of sp³-hybridized carbons (Fsp3) is 0.714. The van der Waals surface area contributed by atoms with Crippen LogP contribution in [0.2, 0.25) is 0 Å². The first kappa shape index (κ1) is 21.5. The molecule has 0 aliphatic heterocycles. The smallest absolute Gasteiger partial charge is 0.326 e. The molecule has 11 nitrogen and oxygen atoms in total. The first-order valence-electron chi connectivity index (χ1n) is 5.04. The van der Waals surface area contributed by atoms with Gasteiger partial charge in [0.25, 0.3) is 0 Å². The van der Waals surface area contributed by atoms with E-state index in [0.717, 1.165) is 0 Å². The second-order valence-corrected chi connectivity index (χ2v) is 7.21. The Balaban J connectivity index is 0. The highest BCUT2D eigenvalue weighted by molar-refractivity contribution is 7.56. The molecule has 0 radical (unpaired) electrons. The molecular weight excluding hydrogens is 320 g/mol. The topological polar surface area (TPSA) is 216 Å². The predicted molar refractivity (Wildman–Crippen MR) is 66.3 cm³/mol. The van der Waals surface area contributed by atoms with E-state index < -0.39 is 45.5 Å². The maximum absolute atomic E-state index is 10.0. The molecular formula is C7H17NO10P2. The van der Waals surface area contributed by atoms with Crippen molar-refractivity contribution < 1.29 is 48.5 Å². The Hall–Kier alpha value is -0.800. The summed E-state index contributed by atoms with van der Waals surface area (Å²) in [4.78, 5) is 52.5. The fourth-order valence-electron chi connectivity index (χ4n) is 0.663. The highest BCUT2D eigenvalue weighted by Gasteiger charge is 2.21. The van der Waals surface area contributed by atoms with Crippen LogP contribution in [0, 0.1) is 0 Å². The van der Waals surface area contributed by atoms with Crippen molar-refractivity contribution in [3.05, 3.63) is 0 Å². The third kappa shape index (κ3) is 19.5. The zero-order valence-corrected chi connectivity index (χ0v) is 12.0. The number of carboxylic acids is 2. The third-order valence-electron chi connectivity index (χ3n) is 1.67. The molecule has 8 N–H and O–H groups in total. The normalized spacial score (nSPS) is 13.1. The maximum atomic E-state index is 10.0. The first-order chi connectivity index (χ1) is 8.74. The van der Waals surface area contributed by atoms with Crippen LogP contribution in [0.1, 0.15) is 12.8 Å². The van der Waals surface area contributed by atoms with Gasteiger partial charge >= 0.3 is 27.1 Å². The van der Waals surface area contributed by atoms with Gasteiger partial charge in [0, 0.05) is 6.42 Å². The monoisotopic (exact) mass is 337 g/mol. The van der Waals surface area contributed by atoms with Crippen molar-refractivity contribution in [2.45, 2.75) is 18.9 Å². The molecule has 0 unspecified atom stereocenters. The SMILES string of the molecule is N[C@@H](CCC(=O)O)C(=O)O.O=P(O)(O)CCP(=O)(O)O. The molecule has 0 fully saturated rings. The van der Waals surface area contributed by atoms with Gasteiger partial charge in [-0.2, -0.15) is 0 Å². The molecule has 13 heteroatoms. The quantitative estimate of drug-likeness (QED) is 0.268. The van der Waals surface area contributed by atoms with Crippen molar-refractivity contribution >= 4 is 27.1 Å². The number of carbonyl (C=O) groups is 2. The van der Waals surface area contributed by atoms with Crippen molar-refractivity contribution in [1.29, 1.82) is 0 Å². The molecule has 0 amide bonds. The highest BCUT2D eigenvalue weighted by atomic mass is 31.2. The average Bonchev–Trinajstić information content (AvgIpc) is 2.22. The number of nitrogens with two attached hydrogens (primary N) is 1. The van der Waals surface area contributed by atoms with Crippen LogP contribution in [0.5, 0.6) is 0 Å². The van der Waals surface area contributed by atoms with Gasteiger partial charge in [0.2, 0.25) is 0 Å². The summed E-state index contributed by atoms with van der Waals surface area (Å²) in [6.45, 7) is 0. The molecule has 0 bridgehead atoms. The standard InChI is InChI=1S/C5H9NO4.C2H8O6P2/c6-3(5(9)10)1-2-4(7)8;3-9(4,5)1-2-10(6,7)8/h3H,1-2,6H2,(H,7,8)(H,9,10);1-2H2,(H2,3,4,5)(H2,6,7,8)/t3-;/m0./s1. The van der Waals surface area contributed by atoms with Crippen LogP contribution in [0.4, 0.5) is 0 Å². The largest absolute Gasteiger partial charge is 0.481 e. The van der Waals surface area contributed by atoms with E-state index in [1.54, 1.807) is 0 Å². The zero-order valence-electron chi connectivity index (χ0n) is 10.2. The molecule has 0 aliphatic carbocycles. The Morgan fingerprint density at radius 1 is 0.950 bits per heavy atom. The van der Waals surface area contributed by atoms with E-state index in [-0.39, 0.29) is 12.8 Å². The Bertz CT molecular complexity index is 390. The van der Waals surface area contributed by atoms with Gasteiger partial charge in [-0.25, -0.2) is 0 Å². The highest BCUT2D eigenvalue weighted by Crippen LogP contribution is 2.42. The second-order valence-electron chi connectivity index (χ2n) is 3.65. The zero-order chi connectivity index (χ0) is 16.6. The van der Waals surface area contributed by atoms with Crippen LogP contribution in [-0.4, -0.2) is 60.1 Å². The lowest BCUT2D eigenvalue weighted by Crippen LogP contribution is -2.30. The minimum Gasteiger partial charge on any atom is -0.481 e. The van der Waals surface area contributed by atoms with E-state index in [1.165, 1.54) is 0 Å². The van der Waals surface area contributed by atoms with Gasteiger partial charge in [0.1, 0.15) is 6.04 Å². The Kier molecular flexibility index (Phi) is 9.88. The number of carboxylic acid groups (broad SMARTS) is 2. The van der Waals surface area contributed by atoms with E-state index in [1.807, 2.05) is 0 Å². The summed E-state index contributed by atoms with van der Waals surface area (Å²) in [6, 6.07) is -1.06. The van der Waals surface area contributed by atoms with Crippen molar-refractivity contribution in [2.75, 3.05) is 12.3 Å². The molecule has 0 aromatic heterocycles. The summed E-state index contributed by atoms with van der Waals surface area (Å²) in [6.07, 6.45) is -1.76. The summed E-state index contributed by atoms with van der Waals surface area (Å²) < 4.78 is 20.1. The molecule has 0 saturated carbocycles. The van der Waals surface area contributed by atoms with Gasteiger partial charge in [-0.1, -0.05) is 0 Å². The number of aliphatic carboxylic acids is 2. The molecule has 1 atom stereocenters. The van der Waals surface area contributed by atoms with Gasteiger partial charge in [-0.3, -0.25) is 18.7 Å². The summed E-state index contributed by atoms with van der Waals surface area (Å²) in [7, 11) is -8.51. The number of hydrogen-bond donors (Lipinski definition) is 7. The van der Waals surface area contributed by atoms with Crippen molar-refractivity contribution in [1.82, 2.24) is 0 Å². The molecule has 0 aromatic rings. The summed E-state index contributed by atoms with van der Waals surface area (Å²) in [5.74, 6) is -2.20. The van der Waals surface area contributed by atoms with Crippen molar-refractivity contribution in [3.8, 4) is 0 Å². The van der Waals surface area contributed by atoms with Gasteiger partial charge in [-0.05, 0) is 6.42 Å². The molecule has 0 aliphatic rings. The predicted octanol–water partition coefficient (Wildman–Crippen LogP) is -1.40. The average molecular weight is 337 g/mol.